The van der Waals surface area contributed by atoms with Gasteiger partial charge in [0.1, 0.15) is 11.6 Å². The summed E-state index contributed by atoms with van der Waals surface area (Å²) in [5, 5.41) is 11.1. The number of hydrogen-bond acceptors (Lipinski definition) is 9. The van der Waals surface area contributed by atoms with Crippen LogP contribution in [-0.4, -0.2) is 33.9 Å². The molecule has 2 amide bonds. The standard InChI is InChI=1S/C21H20N4O5S2/c1-10(18(27)23-20-16(17(22)26)11-5-4-8-15(11)32-20)31-21-25-24-19(30-21)14-9-28-12-6-2-3-7-13(12)29-14/h2-3,6-7,10,14H,4-5,8-9H2,1H3,(H2,22,26)(H,23,27)/t10-,14+/m1/s1. The van der Waals surface area contributed by atoms with E-state index in [9.17, 15) is 9.59 Å². The Morgan fingerprint density at radius 2 is 2.06 bits per heavy atom. The summed E-state index contributed by atoms with van der Waals surface area (Å²) in [6, 6.07) is 7.35. The van der Waals surface area contributed by atoms with Gasteiger partial charge in [-0.25, -0.2) is 0 Å². The highest BCUT2D eigenvalue weighted by atomic mass is 32.2. The van der Waals surface area contributed by atoms with Gasteiger partial charge in [0.15, 0.2) is 11.5 Å². The van der Waals surface area contributed by atoms with Crippen LogP contribution in [0.2, 0.25) is 0 Å². The third-order valence-corrected chi connectivity index (χ3v) is 7.40. The van der Waals surface area contributed by atoms with Crippen LogP contribution < -0.4 is 20.5 Å². The van der Waals surface area contributed by atoms with Gasteiger partial charge in [-0.2, -0.15) is 0 Å². The van der Waals surface area contributed by atoms with Crippen LogP contribution in [0.5, 0.6) is 11.5 Å². The topological polar surface area (TPSA) is 130 Å². The number of carbonyl (C=O) groups is 2. The van der Waals surface area contributed by atoms with Gasteiger partial charge in [0.2, 0.25) is 12.0 Å². The van der Waals surface area contributed by atoms with Crippen LogP contribution in [0, 0.1) is 0 Å². The minimum absolute atomic E-state index is 0.244. The molecule has 0 bridgehead atoms. The zero-order valence-corrected chi connectivity index (χ0v) is 18.8. The van der Waals surface area contributed by atoms with Crippen molar-refractivity contribution in [3.05, 3.63) is 46.2 Å². The molecule has 2 atom stereocenters. The van der Waals surface area contributed by atoms with Gasteiger partial charge < -0.3 is 24.9 Å². The maximum atomic E-state index is 12.8. The monoisotopic (exact) mass is 472 g/mol. The Morgan fingerprint density at radius 3 is 2.88 bits per heavy atom. The van der Waals surface area contributed by atoms with E-state index in [2.05, 4.69) is 15.5 Å². The van der Waals surface area contributed by atoms with Gasteiger partial charge in [-0.15, -0.1) is 21.5 Å². The van der Waals surface area contributed by atoms with E-state index in [0.717, 1.165) is 41.5 Å². The molecule has 11 heteroatoms. The summed E-state index contributed by atoms with van der Waals surface area (Å²) in [5.74, 6) is 0.761. The van der Waals surface area contributed by atoms with Crippen molar-refractivity contribution in [1.29, 1.82) is 0 Å². The zero-order valence-electron chi connectivity index (χ0n) is 17.1. The fraction of sp³-hybridized carbons (Fsp3) is 0.333. The maximum absolute atomic E-state index is 12.8. The summed E-state index contributed by atoms with van der Waals surface area (Å²) >= 11 is 2.55. The highest BCUT2D eigenvalue weighted by Gasteiger charge is 2.30. The maximum Gasteiger partial charge on any atom is 0.277 e. The number of thioether (sulfide) groups is 1. The van der Waals surface area contributed by atoms with Gasteiger partial charge in [-0.05, 0) is 43.9 Å². The number of nitrogens with two attached hydrogens (primary N) is 1. The average Bonchev–Trinajstić information content (AvgIpc) is 3.49. The highest BCUT2D eigenvalue weighted by Crippen LogP contribution is 2.39. The molecule has 0 unspecified atom stereocenters. The summed E-state index contributed by atoms with van der Waals surface area (Å²) in [7, 11) is 0. The number of carbonyl (C=O) groups excluding carboxylic acids is 2. The zero-order chi connectivity index (χ0) is 22.2. The molecule has 0 fully saturated rings. The lowest BCUT2D eigenvalue weighted by Crippen LogP contribution is -2.24. The number of rotatable bonds is 6. The van der Waals surface area contributed by atoms with Gasteiger partial charge in [0.25, 0.3) is 17.0 Å². The smallest absolute Gasteiger partial charge is 0.277 e. The molecule has 0 saturated carbocycles. The van der Waals surface area contributed by atoms with Crippen LogP contribution in [0.25, 0.3) is 0 Å². The van der Waals surface area contributed by atoms with Crippen molar-refractivity contribution in [3.63, 3.8) is 0 Å². The van der Waals surface area contributed by atoms with Gasteiger partial charge in [-0.3, -0.25) is 9.59 Å². The number of thiophene rings is 1. The van der Waals surface area contributed by atoms with Crippen LogP contribution in [0.1, 0.15) is 46.1 Å². The number of aromatic nitrogens is 2. The number of nitrogens with one attached hydrogen (secondary N) is 1. The van der Waals surface area contributed by atoms with E-state index in [-0.39, 0.29) is 23.6 Å². The largest absolute Gasteiger partial charge is 0.485 e. The first kappa shape index (κ1) is 20.8. The Hall–Kier alpha value is -3.05. The third kappa shape index (κ3) is 3.93. The number of ether oxygens (including phenoxy) is 2. The number of nitrogens with zero attached hydrogens (tertiary/aromatic N) is 2. The molecule has 0 saturated heterocycles. The minimum Gasteiger partial charge on any atom is -0.485 e. The lowest BCUT2D eigenvalue weighted by molar-refractivity contribution is -0.115. The second kappa shape index (κ2) is 8.47. The van der Waals surface area contributed by atoms with Crippen molar-refractivity contribution in [3.8, 4) is 11.5 Å². The van der Waals surface area contributed by atoms with Gasteiger partial charge >= 0.3 is 0 Å². The molecule has 5 rings (SSSR count). The first-order valence-corrected chi connectivity index (χ1v) is 11.8. The summed E-state index contributed by atoms with van der Waals surface area (Å²) in [6.45, 7) is 1.98. The predicted octanol–water partition coefficient (Wildman–Crippen LogP) is 3.35. The van der Waals surface area contributed by atoms with E-state index < -0.39 is 17.3 Å². The number of para-hydroxylation sites is 2. The first-order valence-electron chi connectivity index (χ1n) is 10.1. The molecule has 3 aromatic rings. The molecule has 1 aromatic carbocycles. The Bertz CT molecular complexity index is 1190. The van der Waals surface area contributed by atoms with Crippen LogP contribution >= 0.6 is 23.1 Å². The van der Waals surface area contributed by atoms with Gasteiger partial charge in [0, 0.05) is 4.88 Å². The highest BCUT2D eigenvalue weighted by molar-refractivity contribution is 8.00. The molecule has 0 radical (unpaired) electrons. The van der Waals surface area contributed by atoms with Crippen molar-refractivity contribution < 1.29 is 23.5 Å². The molecule has 32 heavy (non-hydrogen) atoms. The van der Waals surface area contributed by atoms with E-state index in [0.29, 0.717) is 22.1 Å². The molecule has 2 aromatic heterocycles. The van der Waals surface area contributed by atoms with Crippen molar-refractivity contribution >= 4 is 39.9 Å². The molecule has 1 aliphatic carbocycles. The molecule has 166 valence electrons. The number of hydrogen-bond donors (Lipinski definition) is 2. The fourth-order valence-electron chi connectivity index (χ4n) is 3.71. The summed E-state index contributed by atoms with van der Waals surface area (Å²) in [5.41, 5.74) is 6.97. The Morgan fingerprint density at radius 1 is 1.25 bits per heavy atom. The Balaban J connectivity index is 1.24. The minimum atomic E-state index is -0.537. The lowest BCUT2D eigenvalue weighted by Gasteiger charge is -2.23. The molecule has 1 aliphatic heterocycles. The van der Waals surface area contributed by atoms with E-state index in [1.807, 2.05) is 18.2 Å². The molecule has 2 aliphatic rings. The van der Waals surface area contributed by atoms with E-state index >= 15 is 0 Å². The fourth-order valence-corrected chi connectivity index (χ4v) is 5.70. The number of primary amides is 1. The summed E-state index contributed by atoms with van der Waals surface area (Å²) in [6.07, 6.45) is 2.19. The molecule has 3 heterocycles. The van der Waals surface area contributed by atoms with E-state index in [1.54, 1.807) is 13.0 Å². The van der Waals surface area contributed by atoms with Crippen LogP contribution in [0.3, 0.4) is 0 Å². The second-order valence-corrected chi connectivity index (χ2v) is 9.84. The second-order valence-electron chi connectivity index (χ2n) is 7.45. The van der Waals surface area contributed by atoms with E-state index in [4.69, 9.17) is 19.6 Å². The van der Waals surface area contributed by atoms with Crippen LogP contribution in [0.4, 0.5) is 5.00 Å². The number of amides is 2. The van der Waals surface area contributed by atoms with Gasteiger partial charge in [0.05, 0.1) is 10.8 Å². The summed E-state index contributed by atoms with van der Waals surface area (Å²) in [4.78, 5) is 25.8. The van der Waals surface area contributed by atoms with Crippen molar-refractivity contribution in [2.24, 2.45) is 5.73 Å². The first-order chi connectivity index (χ1) is 15.5. The SMILES string of the molecule is C[C@@H](Sc1nnc([C@@H]2COc3ccccc3O2)o1)C(=O)Nc1sc2c(c1C(N)=O)CCC2. The molecule has 0 spiro atoms. The van der Waals surface area contributed by atoms with Crippen LogP contribution in [-0.2, 0) is 17.6 Å². The van der Waals surface area contributed by atoms with Gasteiger partial charge in [-0.1, -0.05) is 23.9 Å². The average molecular weight is 473 g/mol. The normalized spacial score (nSPS) is 17.6. The van der Waals surface area contributed by atoms with Crippen LogP contribution in [0.15, 0.2) is 33.9 Å². The number of fused-ring (bicyclic) bond motifs is 2. The van der Waals surface area contributed by atoms with Crippen molar-refractivity contribution in [1.82, 2.24) is 10.2 Å². The van der Waals surface area contributed by atoms with Crippen molar-refractivity contribution in [2.75, 3.05) is 11.9 Å². The number of benzene rings is 1. The molecule has 9 nitrogen and oxygen atoms in total. The van der Waals surface area contributed by atoms with E-state index in [1.165, 1.54) is 11.3 Å². The predicted molar refractivity (Wildman–Crippen MR) is 118 cm³/mol. The third-order valence-electron chi connectivity index (χ3n) is 5.26. The van der Waals surface area contributed by atoms with Crippen molar-refractivity contribution in [2.45, 2.75) is 42.8 Å². The Labute approximate surface area is 191 Å². The molecular weight excluding hydrogens is 452 g/mol. The molecular formula is C21H20N4O5S2. The summed E-state index contributed by atoms with van der Waals surface area (Å²) < 4.78 is 17.3. The quantitative estimate of drug-likeness (QED) is 0.523. The number of aryl methyl sites for hydroxylation is 1. The lowest BCUT2D eigenvalue weighted by atomic mass is 10.1. The molecule has 3 N–H and O–H groups in total. The Kier molecular flexibility index (Phi) is 5.51. The number of anilines is 1.